The van der Waals surface area contributed by atoms with Crippen LogP contribution in [0.3, 0.4) is 0 Å². The first-order chi connectivity index (χ1) is 13.2. The highest BCUT2D eigenvalue weighted by Crippen LogP contribution is 2.31. The monoisotopic (exact) mass is 384 g/mol. The van der Waals surface area contributed by atoms with E-state index in [-0.39, 0.29) is 11.9 Å². The highest BCUT2D eigenvalue weighted by molar-refractivity contribution is 7.14. The minimum Gasteiger partial charge on any atom is -0.351 e. The normalized spacial score (nSPS) is 16.8. The smallest absolute Gasteiger partial charge is 0.270 e. The molecule has 1 aliphatic heterocycles. The molecule has 27 heavy (non-hydrogen) atoms. The second-order valence-electron chi connectivity index (χ2n) is 6.51. The van der Waals surface area contributed by atoms with Gasteiger partial charge in [0, 0.05) is 11.9 Å². The van der Waals surface area contributed by atoms with E-state index in [2.05, 4.69) is 33.5 Å². The second-order valence-corrected chi connectivity index (χ2v) is 7.36. The lowest BCUT2D eigenvalue weighted by molar-refractivity contribution is 0.0949. The van der Waals surface area contributed by atoms with Crippen LogP contribution in [0.15, 0.2) is 23.6 Å². The molecule has 1 saturated heterocycles. The number of unbranched alkanes of at least 4 members (excludes halogenated alkanes) is 1. The third-order valence-electron chi connectivity index (χ3n) is 4.54. The Morgan fingerprint density at radius 1 is 1.44 bits per heavy atom. The molecule has 3 rings (SSSR count). The standard InChI is InChI=1S/C19H24N6OS/c1-2-3-10-21-18(26)15-13-27-19(23-15)24-17-8-4-6-14(22-17)16-7-5-11-25(16)12-9-20/h4,6,8,13,16H,2-3,5,7,10-12H2,1H3,(H,21,26)(H,22,23,24). The fraction of sp³-hybridized carbons (Fsp3) is 0.474. The van der Waals surface area contributed by atoms with Crippen LogP contribution in [0, 0.1) is 11.3 Å². The highest BCUT2D eigenvalue weighted by atomic mass is 32.1. The predicted octanol–water partition coefficient (Wildman–Crippen LogP) is 3.47. The molecule has 1 unspecified atom stereocenters. The summed E-state index contributed by atoms with van der Waals surface area (Å²) in [6.45, 7) is 4.11. The number of nitrogens with zero attached hydrogens (tertiary/aromatic N) is 4. The Balaban J connectivity index is 1.65. The first kappa shape index (κ1) is 19.3. The number of hydrogen-bond acceptors (Lipinski definition) is 7. The Bertz CT molecular complexity index is 815. The zero-order valence-electron chi connectivity index (χ0n) is 15.4. The zero-order chi connectivity index (χ0) is 19.1. The van der Waals surface area contributed by atoms with Crippen molar-refractivity contribution in [3.05, 3.63) is 35.0 Å². The first-order valence-corrected chi connectivity index (χ1v) is 10.2. The number of nitriles is 1. The molecule has 142 valence electrons. The molecule has 1 fully saturated rings. The van der Waals surface area contributed by atoms with E-state index in [1.807, 2.05) is 18.2 Å². The van der Waals surface area contributed by atoms with Crippen molar-refractivity contribution in [3.8, 4) is 6.07 Å². The van der Waals surface area contributed by atoms with E-state index < -0.39 is 0 Å². The summed E-state index contributed by atoms with van der Waals surface area (Å²) >= 11 is 1.38. The number of likely N-dealkylation sites (tertiary alicyclic amines) is 1. The number of carbonyl (C=O) groups excluding carboxylic acids is 1. The number of aromatic nitrogens is 2. The van der Waals surface area contributed by atoms with Gasteiger partial charge in [0.2, 0.25) is 0 Å². The molecule has 1 aliphatic rings. The molecule has 2 N–H and O–H groups in total. The van der Waals surface area contributed by atoms with Crippen LogP contribution in [-0.2, 0) is 0 Å². The molecule has 0 bridgehead atoms. The first-order valence-electron chi connectivity index (χ1n) is 9.30. The third kappa shape index (κ3) is 5.02. The SMILES string of the molecule is CCCCNC(=O)c1csc(Nc2cccc(C3CCCN3CC#N)n2)n1. The van der Waals surface area contributed by atoms with Crippen molar-refractivity contribution in [1.82, 2.24) is 20.2 Å². The van der Waals surface area contributed by atoms with Crippen molar-refractivity contribution in [2.45, 2.75) is 38.6 Å². The summed E-state index contributed by atoms with van der Waals surface area (Å²) in [5, 5.41) is 17.4. The Morgan fingerprint density at radius 3 is 3.15 bits per heavy atom. The van der Waals surface area contributed by atoms with Gasteiger partial charge in [-0.25, -0.2) is 9.97 Å². The molecule has 0 saturated carbocycles. The van der Waals surface area contributed by atoms with Gasteiger partial charge in [0.1, 0.15) is 11.5 Å². The summed E-state index contributed by atoms with van der Waals surface area (Å²) < 4.78 is 0. The topological polar surface area (TPSA) is 93.9 Å². The number of hydrogen-bond donors (Lipinski definition) is 2. The Morgan fingerprint density at radius 2 is 2.33 bits per heavy atom. The second kappa shape index (κ2) is 9.44. The number of amides is 1. The summed E-state index contributed by atoms with van der Waals surface area (Å²) in [4.78, 5) is 23.3. The number of nitrogens with one attached hydrogen (secondary N) is 2. The van der Waals surface area contributed by atoms with Crippen LogP contribution < -0.4 is 10.6 Å². The minimum atomic E-state index is -0.146. The van der Waals surface area contributed by atoms with Gasteiger partial charge in [0.25, 0.3) is 5.91 Å². The van der Waals surface area contributed by atoms with Crippen LogP contribution in [-0.4, -0.2) is 40.4 Å². The van der Waals surface area contributed by atoms with Crippen molar-refractivity contribution in [2.75, 3.05) is 25.0 Å². The van der Waals surface area contributed by atoms with E-state index >= 15 is 0 Å². The van der Waals surface area contributed by atoms with Gasteiger partial charge in [-0.1, -0.05) is 19.4 Å². The quantitative estimate of drug-likeness (QED) is 0.535. The number of pyridine rings is 1. The summed E-state index contributed by atoms with van der Waals surface area (Å²) in [5.74, 6) is 0.552. The van der Waals surface area contributed by atoms with Crippen LogP contribution in [0.25, 0.3) is 0 Å². The van der Waals surface area contributed by atoms with Gasteiger partial charge in [-0.2, -0.15) is 5.26 Å². The van der Waals surface area contributed by atoms with E-state index in [1.54, 1.807) is 5.38 Å². The molecular formula is C19H24N6OS. The zero-order valence-corrected chi connectivity index (χ0v) is 16.3. The molecule has 8 heteroatoms. The average Bonchev–Trinajstić information content (AvgIpc) is 3.32. The summed E-state index contributed by atoms with van der Waals surface area (Å²) in [6, 6.07) is 8.26. The van der Waals surface area contributed by atoms with E-state index in [1.165, 1.54) is 11.3 Å². The molecule has 1 amide bonds. The third-order valence-corrected chi connectivity index (χ3v) is 5.29. The maximum absolute atomic E-state index is 12.1. The molecule has 2 aromatic heterocycles. The number of carbonyl (C=O) groups is 1. The van der Waals surface area contributed by atoms with E-state index in [9.17, 15) is 4.79 Å². The fourth-order valence-corrected chi connectivity index (χ4v) is 3.86. The van der Waals surface area contributed by atoms with Gasteiger partial charge in [-0.05, 0) is 37.9 Å². The van der Waals surface area contributed by atoms with Crippen molar-refractivity contribution in [2.24, 2.45) is 0 Å². The molecule has 0 aromatic carbocycles. The number of rotatable bonds is 8. The lowest BCUT2D eigenvalue weighted by Crippen LogP contribution is -2.24. The van der Waals surface area contributed by atoms with Gasteiger partial charge < -0.3 is 10.6 Å². The summed E-state index contributed by atoms with van der Waals surface area (Å²) in [5.41, 5.74) is 1.38. The van der Waals surface area contributed by atoms with E-state index in [0.717, 1.165) is 37.9 Å². The van der Waals surface area contributed by atoms with Crippen LogP contribution in [0.2, 0.25) is 0 Å². The molecule has 3 heterocycles. The molecular weight excluding hydrogens is 360 g/mol. The summed E-state index contributed by atoms with van der Waals surface area (Å²) in [7, 11) is 0. The average molecular weight is 385 g/mol. The lowest BCUT2D eigenvalue weighted by atomic mass is 10.1. The van der Waals surface area contributed by atoms with Gasteiger partial charge in [0.05, 0.1) is 24.3 Å². The van der Waals surface area contributed by atoms with Crippen LogP contribution in [0.4, 0.5) is 10.9 Å². The van der Waals surface area contributed by atoms with Crippen molar-refractivity contribution in [3.63, 3.8) is 0 Å². The Hall–Kier alpha value is -2.50. The van der Waals surface area contributed by atoms with Crippen LogP contribution in [0.5, 0.6) is 0 Å². The predicted molar refractivity (Wildman–Crippen MR) is 106 cm³/mol. The minimum absolute atomic E-state index is 0.146. The fourth-order valence-electron chi connectivity index (χ4n) is 3.16. The maximum Gasteiger partial charge on any atom is 0.270 e. The van der Waals surface area contributed by atoms with E-state index in [0.29, 0.717) is 29.7 Å². The Labute approximate surface area is 163 Å². The van der Waals surface area contributed by atoms with Gasteiger partial charge >= 0.3 is 0 Å². The van der Waals surface area contributed by atoms with E-state index in [4.69, 9.17) is 10.2 Å². The number of thiazole rings is 1. The summed E-state index contributed by atoms with van der Waals surface area (Å²) in [6.07, 6.45) is 4.09. The van der Waals surface area contributed by atoms with Crippen molar-refractivity contribution >= 4 is 28.2 Å². The molecule has 2 aromatic rings. The molecule has 0 radical (unpaired) electrons. The van der Waals surface area contributed by atoms with Gasteiger partial charge in [-0.3, -0.25) is 9.69 Å². The molecule has 0 aliphatic carbocycles. The molecule has 7 nitrogen and oxygen atoms in total. The van der Waals surface area contributed by atoms with Crippen LogP contribution in [0.1, 0.15) is 54.8 Å². The lowest BCUT2D eigenvalue weighted by Gasteiger charge is -2.21. The van der Waals surface area contributed by atoms with Gasteiger partial charge in [-0.15, -0.1) is 11.3 Å². The van der Waals surface area contributed by atoms with Crippen molar-refractivity contribution in [1.29, 1.82) is 5.26 Å². The molecule has 0 spiro atoms. The highest BCUT2D eigenvalue weighted by Gasteiger charge is 2.26. The van der Waals surface area contributed by atoms with Crippen LogP contribution >= 0.6 is 11.3 Å². The van der Waals surface area contributed by atoms with Crippen molar-refractivity contribution < 1.29 is 4.79 Å². The molecule has 1 atom stereocenters. The maximum atomic E-state index is 12.1. The Kier molecular flexibility index (Phi) is 6.74. The van der Waals surface area contributed by atoms with Gasteiger partial charge in [0.15, 0.2) is 5.13 Å². The number of anilines is 2. The largest absolute Gasteiger partial charge is 0.351 e.